The van der Waals surface area contributed by atoms with E-state index in [0.717, 1.165) is 0 Å². The van der Waals surface area contributed by atoms with Crippen molar-refractivity contribution in [3.05, 3.63) is 23.8 Å². The molecule has 4 heteroatoms. The first kappa shape index (κ1) is 8.55. The van der Waals surface area contributed by atoms with Gasteiger partial charge in [0.15, 0.2) is 0 Å². The topological polar surface area (TPSA) is 96.1 Å². The molecule has 0 heterocycles. The first-order chi connectivity index (χ1) is 5.65. The Morgan fingerprint density at radius 2 is 2.08 bits per heavy atom. The van der Waals surface area contributed by atoms with Crippen molar-refractivity contribution in [1.82, 2.24) is 0 Å². The van der Waals surface area contributed by atoms with Crippen LogP contribution >= 0.6 is 0 Å². The lowest BCUT2D eigenvalue weighted by Crippen LogP contribution is -2.08. The number of aliphatic hydroxyl groups is 1. The number of hydrogen-bond donors (Lipinski definition) is 4. The van der Waals surface area contributed by atoms with Crippen molar-refractivity contribution in [2.45, 2.75) is 0 Å². The zero-order valence-corrected chi connectivity index (χ0v) is 6.54. The second kappa shape index (κ2) is 3.23. The molecule has 1 aromatic rings. The number of nitrogens with two attached hydrogens (primary N) is 2. The van der Waals surface area contributed by atoms with Gasteiger partial charge >= 0.3 is 0 Å². The van der Waals surface area contributed by atoms with Crippen molar-refractivity contribution >= 4 is 17.1 Å². The van der Waals surface area contributed by atoms with Crippen LogP contribution in [0.3, 0.4) is 0 Å². The highest BCUT2D eigenvalue weighted by molar-refractivity contribution is 6.03. The third-order valence-electron chi connectivity index (χ3n) is 1.56. The molecule has 0 aliphatic heterocycles. The normalized spacial score (nSPS) is 9.75. The Morgan fingerprint density at radius 3 is 2.58 bits per heavy atom. The summed E-state index contributed by atoms with van der Waals surface area (Å²) in [5.41, 5.74) is 12.6. The molecule has 0 unspecified atom stereocenters. The molecule has 0 bridgehead atoms. The van der Waals surface area contributed by atoms with E-state index in [1.165, 1.54) is 0 Å². The minimum atomic E-state index is -0.311. The maximum Gasteiger partial charge on any atom is 0.0852 e. The molecular formula is C8H11N3O. The van der Waals surface area contributed by atoms with Crippen LogP contribution in [-0.4, -0.2) is 17.4 Å². The van der Waals surface area contributed by atoms with Gasteiger partial charge in [0, 0.05) is 16.9 Å². The van der Waals surface area contributed by atoms with E-state index in [4.69, 9.17) is 22.0 Å². The van der Waals surface area contributed by atoms with Gasteiger partial charge in [-0.25, -0.2) is 0 Å². The first-order valence-corrected chi connectivity index (χ1v) is 3.49. The molecule has 6 N–H and O–H groups in total. The second-order valence-corrected chi connectivity index (χ2v) is 2.48. The number of aliphatic hydroxyl groups excluding tert-OH is 1. The van der Waals surface area contributed by atoms with E-state index in [0.29, 0.717) is 16.9 Å². The lowest BCUT2D eigenvalue weighted by molar-refractivity contribution is 0.357. The van der Waals surface area contributed by atoms with Gasteiger partial charge in [-0.3, -0.25) is 0 Å². The maximum absolute atomic E-state index is 8.67. The predicted molar refractivity (Wildman–Crippen MR) is 49.2 cm³/mol. The van der Waals surface area contributed by atoms with E-state index in [1.807, 2.05) is 0 Å². The number of nitrogens with one attached hydrogen (secondary N) is 1. The molecule has 1 rings (SSSR count). The van der Waals surface area contributed by atoms with Gasteiger partial charge < -0.3 is 22.0 Å². The van der Waals surface area contributed by atoms with Crippen LogP contribution < -0.4 is 11.5 Å². The largest absolute Gasteiger partial charge is 0.399 e. The summed E-state index contributed by atoms with van der Waals surface area (Å²) in [5, 5.41) is 16.0. The standard InChI is InChI=1S/C8H11N3O/c9-5-1-2-6(7(10)3-5)8(11)4-12/h1-3,11-12H,4,9-10H2. The summed E-state index contributed by atoms with van der Waals surface area (Å²) in [7, 11) is 0. The third-order valence-corrected chi connectivity index (χ3v) is 1.56. The highest BCUT2D eigenvalue weighted by Gasteiger charge is 2.03. The minimum Gasteiger partial charge on any atom is -0.399 e. The highest BCUT2D eigenvalue weighted by Crippen LogP contribution is 2.15. The van der Waals surface area contributed by atoms with Crippen molar-refractivity contribution in [3.63, 3.8) is 0 Å². The van der Waals surface area contributed by atoms with Crippen LogP contribution in [0.5, 0.6) is 0 Å². The van der Waals surface area contributed by atoms with E-state index in [1.54, 1.807) is 18.2 Å². The molecule has 0 amide bonds. The van der Waals surface area contributed by atoms with E-state index in [9.17, 15) is 0 Å². The quantitative estimate of drug-likeness (QED) is 0.372. The summed E-state index contributed by atoms with van der Waals surface area (Å²) in [5.74, 6) is 0. The summed E-state index contributed by atoms with van der Waals surface area (Å²) in [6.45, 7) is -0.311. The summed E-state index contributed by atoms with van der Waals surface area (Å²) in [6, 6.07) is 4.85. The van der Waals surface area contributed by atoms with Crippen LogP contribution in [0.2, 0.25) is 0 Å². The Labute approximate surface area is 70.3 Å². The molecule has 0 atom stereocenters. The average Bonchev–Trinajstić information content (AvgIpc) is 2.03. The van der Waals surface area contributed by atoms with Gasteiger partial charge in [0.25, 0.3) is 0 Å². The summed E-state index contributed by atoms with van der Waals surface area (Å²) >= 11 is 0. The molecule has 0 saturated heterocycles. The van der Waals surface area contributed by atoms with Crippen molar-refractivity contribution in [2.24, 2.45) is 0 Å². The van der Waals surface area contributed by atoms with Gasteiger partial charge in [0.05, 0.1) is 12.3 Å². The minimum absolute atomic E-state index is 0.104. The van der Waals surface area contributed by atoms with Gasteiger partial charge in [-0.1, -0.05) is 0 Å². The van der Waals surface area contributed by atoms with Gasteiger partial charge in [-0.2, -0.15) is 0 Å². The molecular weight excluding hydrogens is 154 g/mol. The van der Waals surface area contributed by atoms with Gasteiger partial charge in [0.2, 0.25) is 0 Å². The van der Waals surface area contributed by atoms with E-state index >= 15 is 0 Å². The van der Waals surface area contributed by atoms with E-state index in [-0.39, 0.29) is 12.3 Å². The maximum atomic E-state index is 8.67. The van der Waals surface area contributed by atoms with Crippen molar-refractivity contribution in [2.75, 3.05) is 18.1 Å². The van der Waals surface area contributed by atoms with Crippen LogP contribution in [0.25, 0.3) is 0 Å². The van der Waals surface area contributed by atoms with Gasteiger partial charge in [-0.15, -0.1) is 0 Å². The molecule has 0 aromatic heterocycles. The SMILES string of the molecule is N=C(CO)c1ccc(N)cc1N. The van der Waals surface area contributed by atoms with E-state index in [2.05, 4.69) is 0 Å². The van der Waals surface area contributed by atoms with E-state index < -0.39 is 0 Å². The molecule has 4 nitrogen and oxygen atoms in total. The molecule has 0 aliphatic rings. The third kappa shape index (κ3) is 1.54. The van der Waals surface area contributed by atoms with Crippen molar-refractivity contribution in [3.8, 4) is 0 Å². The molecule has 1 aromatic carbocycles. The summed E-state index contributed by atoms with van der Waals surface area (Å²) < 4.78 is 0. The number of anilines is 2. The fourth-order valence-corrected chi connectivity index (χ4v) is 0.941. The van der Waals surface area contributed by atoms with Crippen LogP contribution in [0.1, 0.15) is 5.56 Å². The molecule has 12 heavy (non-hydrogen) atoms. The number of benzene rings is 1. The molecule has 64 valence electrons. The summed E-state index contributed by atoms with van der Waals surface area (Å²) in [4.78, 5) is 0. The molecule has 0 saturated carbocycles. The fraction of sp³-hybridized carbons (Fsp3) is 0.125. The Hall–Kier alpha value is -1.55. The lowest BCUT2D eigenvalue weighted by Gasteiger charge is -2.05. The second-order valence-electron chi connectivity index (χ2n) is 2.48. The molecule has 0 spiro atoms. The highest BCUT2D eigenvalue weighted by atomic mass is 16.3. The molecule has 0 aliphatic carbocycles. The average molecular weight is 165 g/mol. The Balaban J connectivity index is 3.09. The molecule has 0 fully saturated rings. The zero-order chi connectivity index (χ0) is 9.14. The Morgan fingerprint density at radius 1 is 1.42 bits per heavy atom. The van der Waals surface area contributed by atoms with Crippen molar-refractivity contribution < 1.29 is 5.11 Å². The lowest BCUT2D eigenvalue weighted by atomic mass is 10.1. The number of nitrogen functional groups attached to an aromatic ring is 2. The van der Waals surface area contributed by atoms with Crippen LogP contribution in [0.15, 0.2) is 18.2 Å². The smallest absolute Gasteiger partial charge is 0.0852 e. The van der Waals surface area contributed by atoms with Gasteiger partial charge in [0.1, 0.15) is 0 Å². The van der Waals surface area contributed by atoms with Crippen molar-refractivity contribution in [1.29, 1.82) is 5.41 Å². The zero-order valence-electron chi connectivity index (χ0n) is 6.54. The summed E-state index contributed by atoms with van der Waals surface area (Å²) in [6.07, 6.45) is 0. The Bertz CT molecular complexity index is 309. The predicted octanol–water partition coefficient (Wildman–Crippen LogP) is 0.211. The fourth-order valence-electron chi connectivity index (χ4n) is 0.941. The van der Waals surface area contributed by atoms with Gasteiger partial charge in [-0.05, 0) is 18.2 Å². The number of rotatable bonds is 2. The number of hydrogen-bond acceptors (Lipinski definition) is 4. The van der Waals surface area contributed by atoms with Crippen LogP contribution in [0.4, 0.5) is 11.4 Å². The molecule has 0 radical (unpaired) electrons. The Kier molecular flexibility index (Phi) is 2.30. The monoisotopic (exact) mass is 165 g/mol. The van der Waals surface area contributed by atoms with Crippen LogP contribution in [-0.2, 0) is 0 Å². The van der Waals surface area contributed by atoms with Crippen LogP contribution in [0, 0.1) is 5.41 Å². The first-order valence-electron chi connectivity index (χ1n) is 3.49.